The van der Waals surface area contributed by atoms with Crippen molar-refractivity contribution in [1.82, 2.24) is 5.32 Å². The van der Waals surface area contributed by atoms with Crippen molar-refractivity contribution < 1.29 is 9.90 Å². The molecule has 0 aromatic carbocycles. The van der Waals surface area contributed by atoms with Gasteiger partial charge in [-0.25, -0.2) is 0 Å². The van der Waals surface area contributed by atoms with Crippen LogP contribution in [0.3, 0.4) is 0 Å². The molecule has 1 unspecified atom stereocenters. The molecule has 0 heterocycles. The lowest BCUT2D eigenvalue weighted by atomic mass is 9.83. The summed E-state index contributed by atoms with van der Waals surface area (Å²) in [5.41, 5.74) is 0. The number of carbonyl (C=O) groups is 1. The van der Waals surface area contributed by atoms with Gasteiger partial charge in [-0.05, 0) is 12.3 Å². The Morgan fingerprint density at radius 3 is 2.67 bits per heavy atom. The molecule has 0 spiro atoms. The van der Waals surface area contributed by atoms with Crippen LogP contribution in [0.4, 0.5) is 0 Å². The summed E-state index contributed by atoms with van der Waals surface area (Å²) in [6.07, 6.45) is 7.61. The van der Waals surface area contributed by atoms with Gasteiger partial charge < -0.3 is 10.4 Å². The third-order valence-corrected chi connectivity index (χ3v) is 3.27. The van der Waals surface area contributed by atoms with E-state index in [-0.39, 0.29) is 18.4 Å². The van der Waals surface area contributed by atoms with Crippen LogP contribution in [0.25, 0.3) is 0 Å². The molecule has 15 heavy (non-hydrogen) atoms. The van der Waals surface area contributed by atoms with Crippen LogP contribution in [-0.4, -0.2) is 24.2 Å². The van der Waals surface area contributed by atoms with Gasteiger partial charge in [-0.1, -0.05) is 39.0 Å². The van der Waals surface area contributed by atoms with E-state index in [0.717, 1.165) is 12.3 Å². The quantitative estimate of drug-likeness (QED) is 0.730. The average molecular weight is 213 g/mol. The molecule has 2 N–H and O–H groups in total. The van der Waals surface area contributed by atoms with E-state index in [4.69, 9.17) is 5.11 Å². The van der Waals surface area contributed by atoms with Crippen LogP contribution in [0.1, 0.15) is 45.4 Å². The topological polar surface area (TPSA) is 49.3 Å². The summed E-state index contributed by atoms with van der Waals surface area (Å²) in [6, 6.07) is 0. The van der Waals surface area contributed by atoms with Crippen molar-refractivity contribution in [3.8, 4) is 0 Å². The van der Waals surface area contributed by atoms with Gasteiger partial charge in [0.15, 0.2) is 0 Å². The number of hydrogen-bond donors (Lipinski definition) is 2. The predicted molar refractivity (Wildman–Crippen MR) is 60.5 cm³/mol. The van der Waals surface area contributed by atoms with E-state index in [1.807, 2.05) is 6.92 Å². The second kappa shape index (κ2) is 6.83. The molecule has 3 heteroatoms. The average Bonchev–Trinajstić information content (AvgIpc) is 2.27. The van der Waals surface area contributed by atoms with E-state index < -0.39 is 0 Å². The molecule has 1 rings (SSSR count). The lowest BCUT2D eigenvalue weighted by molar-refractivity contribution is -0.125. The molecule has 1 atom stereocenters. The molecule has 0 bridgehead atoms. The normalized spacial score (nSPS) is 19.9. The van der Waals surface area contributed by atoms with E-state index in [1.54, 1.807) is 0 Å². The fourth-order valence-electron chi connectivity index (χ4n) is 2.38. The number of nitrogens with one attached hydrogen (secondary N) is 1. The minimum absolute atomic E-state index is 0.0297. The summed E-state index contributed by atoms with van der Waals surface area (Å²) >= 11 is 0. The second-order valence-corrected chi connectivity index (χ2v) is 4.66. The van der Waals surface area contributed by atoms with E-state index in [0.29, 0.717) is 6.54 Å². The number of aliphatic hydroxyl groups is 1. The van der Waals surface area contributed by atoms with Gasteiger partial charge in [0.2, 0.25) is 5.91 Å². The number of amides is 1. The number of rotatable bonds is 5. The van der Waals surface area contributed by atoms with Crippen LogP contribution in [0.15, 0.2) is 0 Å². The zero-order chi connectivity index (χ0) is 11.1. The maximum Gasteiger partial charge on any atom is 0.222 e. The molecule has 0 radical (unpaired) electrons. The van der Waals surface area contributed by atoms with Gasteiger partial charge in [-0.15, -0.1) is 0 Å². The Hall–Kier alpha value is -0.570. The van der Waals surface area contributed by atoms with E-state index in [9.17, 15) is 4.79 Å². The first kappa shape index (κ1) is 12.5. The summed E-state index contributed by atoms with van der Waals surface area (Å²) in [5, 5.41) is 11.3. The molecule has 0 aromatic rings. The molecule has 0 aliphatic heterocycles. The summed E-state index contributed by atoms with van der Waals surface area (Å²) in [7, 11) is 0. The fraction of sp³-hybridized carbons (Fsp3) is 0.917. The summed E-state index contributed by atoms with van der Waals surface area (Å²) in [6.45, 7) is 2.40. The Morgan fingerprint density at radius 1 is 1.40 bits per heavy atom. The van der Waals surface area contributed by atoms with E-state index >= 15 is 0 Å². The van der Waals surface area contributed by atoms with Crippen molar-refractivity contribution in [1.29, 1.82) is 0 Å². The largest absolute Gasteiger partial charge is 0.395 e. The van der Waals surface area contributed by atoms with Crippen molar-refractivity contribution in [3.05, 3.63) is 0 Å². The van der Waals surface area contributed by atoms with Crippen molar-refractivity contribution in [3.63, 3.8) is 0 Å². The van der Waals surface area contributed by atoms with Gasteiger partial charge in [0.05, 0.1) is 6.61 Å². The van der Waals surface area contributed by atoms with E-state index in [1.165, 1.54) is 32.1 Å². The molecule has 3 nitrogen and oxygen atoms in total. The van der Waals surface area contributed by atoms with Gasteiger partial charge in [0, 0.05) is 12.5 Å². The zero-order valence-corrected chi connectivity index (χ0v) is 9.67. The van der Waals surface area contributed by atoms with E-state index in [2.05, 4.69) is 5.32 Å². The Balaban J connectivity index is 2.20. The molecule has 0 aromatic heterocycles. The maximum absolute atomic E-state index is 11.6. The Bertz CT molecular complexity index is 188. The van der Waals surface area contributed by atoms with Crippen molar-refractivity contribution in [2.45, 2.75) is 45.4 Å². The highest BCUT2D eigenvalue weighted by molar-refractivity contribution is 5.78. The van der Waals surface area contributed by atoms with Gasteiger partial charge in [-0.2, -0.15) is 0 Å². The molecule has 1 aliphatic rings. The third-order valence-electron chi connectivity index (χ3n) is 3.27. The SMILES string of the molecule is CC(CC1CCCCC1)C(=O)NCCO. The Kier molecular flexibility index (Phi) is 5.69. The van der Waals surface area contributed by atoms with Gasteiger partial charge >= 0.3 is 0 Å². The molecular weight excluding hydrogens is 190 g/mol. The highest BCUT2D eigenvalue weighted by Crippen LogP contribution is 2.28. The first-order chi connectivity index (χ1) is 7.24. The number of carbonyl (C=O) groups excluding carboxylic acids is 1. The molecular formula is C12H23NO2. The minimum Gasteiger partial charge on any atom is -0.395 e. The second-order valence-electron chi connectivity index (χ2n) is 4.66. The molecule has 1 aliphatic carbocycles. The van der Waals surface area contributed by atoms with Crippen LogP contribution in [0, 0.1) is 11.8 Å². The fourth-order valence-corrected chi connectivity index (χ4v) is 2.38. The van der Waals surface area contributed by atoms with Crippen LogP contribution in [0.2, 0.25) is 0 Å². The molecule has 1 fully saturated rings. The zero-order valence-electron chi connectivity index (χ0n) is 9.67. The van der Waals surface area contributed by atoms with Crippen molar-refractivity contribution >= 4 is 5.91 Å². The molecule has 0 saturated heterocycles. The summed E-state index contributed by atoms with van der Waals surface area (Å²) in [4.78, 5) is 11.6. The highest BCUT2D eigenvalue weighted by Gasteiger charge is 2.20. The van der Waals surface area contributed by atoms with Crippen molar-refractivity contribution in [2.24, 2.45) is 11.8 Å². The molecule has 1 amide bonds. The first-order valence-electron chi connectivity index (χ1n) is 6.12. The standard InChI is InChI=1S/C12H23NO2/c1-10(12(15)13-7-8-14)9-11-5-3-2-4-6-11/h10-11,14H,2-9H2,1H3,(H,13,15). The van der Waals surface area contributed by atoms with Gasteiger partial charge in [0.1, 0.15) is 0 Å². The third kappa shape index (κ3) is 4.65. The monoisotopic (exact) mass is 213 g/mol. The van der Waals surface area contributed by atoms with Crippen molar-refractivity contribution in [2.75, 3.05) is 13.2 Å². The molecule has 1 saturated carbocycles. The summed E-state index contributed by atoms with van der Waals surface area (Å²) < 4.78 is 0. The smallest absolute Gasteiger partial charge is 0.222 e. The Labute approximate surface area is 92.3 Å². The number of aliphatic hydroxyl groups excluding tert-OH is 1. The first-order valence-corrected chi connectivity index (χ1v) is 6.12. The minimum atomic E-state index is 0.0297. The summed E-state index contributed by atoms with van der Waals surface area (Å²) in [5.74, 6) is 0.933. The number of hydrogen-bond acceptors (Lipinski definition) is 2. The Morgan fingerprint density at radius 2 is 2.07 bits per heavy atom. The van der Waals surface area contributed by atoms with Gasteiger partial charge in [0.25, 0.3) is 0 Å². The lowest BCUT2D eigenvalue weighted by Gasteiger charge is -2.24. The maximum atomic E-state index is 11.6. The predicted octanol–water partition coefficient (Wildman–Crippen LogP) is 1.70. The highest BCUT2D eigenvalue weighted by atomic mass is 16.3. The lowest BCUT2D eigenvalue weighted by Crippen LogP contribution is -2.32. The molecule has 88 valence electrons. The van der Waals surface area contributed by atoms with Crippen LogP contribution >= 0.6 is 0 Å². The van der Waals surface area contributed by atoms with Crippen LogP contribution < -0.4 is 5.32 Å². The van der Waals surface area contributed by atoms with Crippen LogP contribution in [-0.2, 0) is 4.79 Å². The van der Waals surface area contributed by atoms with Gasteiger partial charge in [-0.3, -0.25) is 4.79 Å². The van der Waals surface area contributed by atoms with Crippen LogP contribution in [0.5, 0.6) is 0 Å².